The third kappa shape index (κ3) is 2.52. The van der Waals surface area contributed by atoms with Crippen LogP contribution in [0.2, 0.25) is 5.02 Å². The summed E-state index contributed by atoms with van der Waals surface area (Å²) in [7, 11) is 1.82. The van der Waals surface area contributed by atoms with Gasteiger partial charge in [0.1, 0.15) is 18.2 Å². The highest BCUT2D eigenvalue weighted by Gasteiger charge is 2.03. The van der Waals surface area contributed by atoms with Crippen molar-refractivity contribution >= 4 is 11.6 Å². The summed E-state index contributed by atoms with van der Waals surface area (Å²) in [4.78, 5) is 0. The molecule has 1 heterocycles. The Morgan fingerprint density at radius 3 is 2.88 bits per heavy atom. The summed E-state index contributed by atoms with van der Waals surface area (Å²) in [5.74, 6) is -0.0484. The van der Waals surface area contributed by atoms with Crippen molar-refractivity contribution in [2.75, 3.05) is 0 Å². The maximum Gasteiger partial charge on any atom is 0.145 e. The minimum atomic E-state index is -0.486. The van der Waals surface area contributed by atoms with E-state index in [0.29, 0.717) is 12.4 Å². The second-order valence-corrected chi connectivity index (χ2v) is 3.75. The molecule has 0 bridgehead atoms. The van der Waals surface area contributed by atoms with Crippen LogP contribution in [0.4, 0.5) is 4.39 Å². The van der Waals surface area contributed by atoms with E-state index in [-0.39, 0.29) is 5.02 Å². The van der Waals surface area contributed by atoms with Crippen LogP contribution in [0, 0.1) is 5.82 Å². The molecule has 1 aromatic heterocycles. The third-order valence-electron chi connectivity index (χ3n) is 2.05. The SMILES string of the molecule is Cn1ccc(COc2ccc(Cl)c(F)c2)n1. The Kier molecular flexibility index (Phi) is 3.10. The van der Waals surface area contributed by atoms with E-state index in [1.54, 1.807) is 10.7 Å². The molecule has 0 aliphatic rings. The molecule has 84 valence electrons. The van der Waals surface area contributed by atoms with E-state index in [2.05, 4.69) is 5.10 Å². The Morgan fingerprint density at radius 2 is 2.25 bits per heavy atom. The van der Waals surface area contributed by atoms with E-state index in [0.717, 1.165) is 5.69 Å². The molecule has 0 fully saturated rings. The van der Waals surface area contributed by atoms with Crippen LogP contribution in [-0.2, 0) is 13.7 Å². The van der Waals surface area contributed by atoms with Gasteiger partial charge in [-0.3, -0.25) is 4.68 Å². The van der Waals surface area contributed by atoms with Gasteiger partial charge in [-0.2, -0.15) is 5.10 Å². The van der Waals surface area contributed by atoms with Gasteiger partial charge in [0, 0.05) is 19.3 Å². The van der Waals surface area contributed by atoms with Crippen LogP contribution in [0.25, 0.3) is 0 Å². The maximum absolute atomic E-state index is 13.1. The summed E-state index contributed by atoms with van der Waals surface area (Å²) in [5, 5.41) is 4.23. The van der Waals surface area contributed by atoms with E-state index in [4.69, 9.17) is 16.3 Å². The maximum atomic E-state index is 13.1. The van der Waals surface area contributed by atoms with E-state index >= 15 is 0 Å². The van der Waals surface area contributed by atoms with Gasteiger partial charge in [-0.1, -0.05) is 11.6 Å². The van der Waals surface area contributed by atoms with Crippen molar-refractivity contribution in [3.8, 4) is 5.75 Å². The molecular formula is C11H10ClFN2O. The summed E-state index contributed by atoms with van der Waals surface area (Å²) in [6.45, 7) is 0.307. The van der Waals surface area contributed by atoms with Crippen LogP contribution in [-0.4, -0.2) is 9.78 Å². The van der Waals surface area contributed by atoms with Gasteiger partial charge >= 0.3 is 0 Å². The quantitative estimate of drug-likeness (QED) is 0.825. The number of hydrogen-bond acceptors (Lipinski definition) is 2. The topological polar surface area (TPSA) is 27.1 Å². The lowest BCUT2D eigenvalue weighted by Gasteiger charge is -2.04. The molecule has 0 aliphatic carbocycles. The zero-order valence-electron chi connectivity index (χ0n) is 8.65. The molecule has 3 nitrogen and oxygen atoms in total. The largest absolute Gasteiger partial charge is 0.487 e. The van der Waals surface area contributed by atoms with Crippen LogP contribution in [0.3, 0.4) is 0 Å². The number of ether oxygens (including phenoxy) is 1. The van der Waals surface area contributed by atoms with Gasteiger partial charge in [0.05, 0.1) is 10.7 Å². The van der Waals surface area contributed by atoms with Crippen molar-refractivity contribution in [1.82, 2.24) is 9.78 Å². The molecule has 0 spiro atoms. The fourth-order valence-electron chi connectivity index (χ4n) is 1.26. The number of nitrogens with zero attached hydrogens (tertiary/aromatic N) is 2. The fraction of sp³-hybridized carbons (Fsp3) is 0.182. The van der Waals surface area contributed by atoms with Crippen molar-refractivity contribution < 1.29 is 9.13 Å². The summed E-state index contributed by atoms with van der Waals surface area (Å²) in [6, 6.07) is 6.18. The summed E-state index contributed by atoms with van der Waals surface area (Å²) < 4.78 is 20.1. The van der Waals surface area contributed by atoms with E-state index in [9.17, 15) is 4.39 Å². The van der Waals surface area contributed by atoms with Crippen LogP contribution < -0.4 is 4.74 Å². The zero-order chi connectivity index (χ0) is 11.5. The van der Waals surface area contributed by atoms with Gasteiger partial charge in [-0.05, 0) is 18.2 Å². The van der Waals surface area contributed by atoms with Crippen LogP contribution >= 0.6 is 11.6 Å². The standard InChI is InChI=1S/C11H10ClFN2O/c1-15-5-4-8(14-15)7-16-9-2-3-10(12)11(13)6-9/h2-6H,7H2,1H3. The molecule has 0 unspecified atom stereocenters. The number of rotatable bonds is 3. The van der Waals surface area contributed by atoms with Crippen molar-refractivity contribution in [2.24, 2.45) is 7.05 Å². The number of aryl methyl sites for hydroxylation is 1. The van der Waals surface area contributed by atoms with Crippen molar-refractivity contribution in [2.45, 2.75) is 6.61 Å². The van der Waals surface area contributed by atoms with Crippen LogP contribution in [0.1, 0.15) is 5.69 Å². The van der Waals surface area contributed by atoms with Gasteiger partial charge in [-0.15, -0.1) is 0 Å². The Morgan fingerprint density at radius 1 is 1.44 bits per heavy atom. The van der Waals surface area contributed by atoms with Crippen LogP contribution in [0.15, 0.2) is 30.5 Å². The Hall–Kier alpha value is -1.55. The highest BCUT2D eigenvalue weighted by molar-refractivity contribution is 6.30. The molecule has 5 heteroatoms. The molecule has 2 rings (SSSR count). The Bertz CT molecular complexity index is 498. The van der Waals surface area contributed by atoms with E-state index in [1.807, 2.05) is 19.3 Å². The highest BCUT2D eigenvalue weighted by atomic mass is 35.5. The Labute approximate surface area is 97.4 Å². The number of aromatic nitrogens is 2. The predicted octanol–water partition coefficient (Wildman–Crippen LogP) is 2.79. The van der Waals surface area contributed by atoms with Gasteiger partial charge in [0.2, 0.25) is 0 Å². The first-order valence-electron chi connectivity index (χ1n) is 4.71. The molecule has 2 aromatic rings. The van der Waals surface area contributed by atoms with E-state index < -0.39 is 5.82 Å². The molecule has 0 aliphatic heterocycles. The highest BCUT2D eigenvalue weighted by Crippen LogP contribution is 2.20. The molecule has 0 saturated heterocycles. The monoisotopic (exact) mass is 240 g/mol. The first-order chi connectivity index (χ1) is 7.65. The van der Waals surface area contributed by atoms with Gasteiger partial charge in [-0.25, -0.2) is 4.39 Å². The predicted molar refractivity (Wildman–Crippen MR) is 59.0 cm³/mol. The summed E-state index contributed by atoms with van der Waals surface area (Å²) >= 11 is 5.55. The third-order valence-corrected chi connectivity index (χ3v) is 2.35. The summed E-state index contributed by atoms with van der Waals surface area (Å²) in [6.07, 6.45) is 1.82. The molecule has 0 radical (unpaired) electrons. The molecular weight excluding hydrogens is 231 g/mol. The average molecular weight is 241 g/mol. The minimum Gasteiger partial charge on any atom is -0.487 e. The molecule has 16 heavy (non-hydrogen) atoms. The van der Waals surface area contributed by atoms with E-state index in [1.165, 1.54) is 12.1 Å². The fourth-order valence-corrected chi connectivity index (χ4v) is 1.38. The zero-order valence-corrected chi connectivity index (χ0v) is 9.41. The van der Waals surface area contributed by atoms with Crippen molar-refractivity contribution in [3.05, 3.63) is 47.0 Å². The lowest BCUT2D eigenvalue weighted by Crippen LogP contribution is -1.98. The second-order valence-electron chi connectivity index (χ2n) is 3.35. The molecule has 0 atom stereocenters. The summed E-state index contributed by atoms with van der Waals surface area (Å²) in [5.41, 5.74) is 0.790. The molecule has 0 N–H and O–H groups in total. The molecule has 0 saturated carbocycles. The van der Waals surface area contributed by atoms with Gasteiger partial charge in [0.25, 0.3) is 0 Å². The molecule has 1 aromatic carbocycles. The van der Waals surface area contributed by atoms with Crippen LogP contribution in [0.5, 0.6) is 5.75 Å². The normalized spacial score (nSPS) is 10.4. The number of halogens is 2. The van der Waals surface area contributed by atoms with Gasteiger partial charge < -0.3 is 4.74 Å². The average Bonchev–Trinajstić information content (AvgIpc) is 2.66. The van der Waals surface area contributed by atoms with Crippen molar-refractivity contribution in [3.63, 3.8) is 0 Å². The second kappa shape index (κ2) is 4.53. The van der Waals surface area contributed by atoms with Crippen molar-refractivity contribution in [1.29, 1.82) is 0 Å². The first kappa shape index (κ1) is 11.0. The molecule has 0 amide bonds. The number of benzene rings is 1. The first-order valence-corrected chi connectivity index (χ1v) is 5.09. The number of hydrogen-bond donors (Lipinski definition) is 0. The smallest absolute Gasteiger partial charge is 0.145 e. The van der Waals surface area contributed by atoms with Gasteiger partial charge in [0.15, 0.2) is 0 Å². The lowest BCUT2D eigenvalue weighted by atomic mass is 10.3. The lowest BCUT2D eigenvalue weighted by molar-refractivity contribution is 0.298. The Balaban J connectivity index is 2.02. The minimum absolute atomic E-state index is 0.0881.